The molecule has 0 unspecified atom stereocenters. The van der Waals surface area contributed by atoms with E-state index >= 15 is 0 Å². The first-order valence-corrected chi connectivity index (χ1v) is 5.01. The van der Waals surface area contributed by atoms with Crippen LogP contribution in [0.1, 0.15) is 5.56 Å². The molecule has 0 bridgehead atoms. The number of carbonyl (C=O) groups excluding carboxylic acids is 1. The second-order valence-electron chi connectivity index (χ2n) is 4.14. The fraction of sp³-hybridized carbons (Fsp3) is 0.300. The predicted molar refractivity (Wildman–Crippen MR) is 53.9 cm³/mol. The van der Waals surface area contributed by atoms with Gasteiger partial charge in [-0.15, -0.1) is 0 Å². The predicted octanol–water partition coefficient (Wildman–Crippen LogP) is 2.37. The highest BCUT2D eigenvalue weighted by Crippen LogP contribution is 2.58. The Hall–Kier alpha value is -1.97. The average molecular weight is 300 g/mol. The Morgan fingerprint density at radius 2 is 1.60 bits per heavy atom. The SMILES string of the molecule is Nc1ccc2c(c1)N(O)C(=O)C2(C(F)(F)F)C(F)(F)F. The summed E-state index contributed by atoms with van der Waals surface area (Å²) in [4.78, 5) is 11.5. The van der Waals surface area contributed by atoms with Gasteiger partial charge in [-0.05, 0) is 12.1 Å². The van der Waals surface area contributed by atoms with Gasteiger partial charge >= 0.3 is 12.4 Å². The molecule has 1 aromatic carbocycles. The number of rotatable bonds is 0. The number of carbonyl (C=O) groups is 1. The van der Waals surface area contributed by atoms with E-state index in [4.69, 9.17) is 5.73 Å². The summed E-state index contributed by atoms with van der Waals surface area (Å²) in [6.07, 6.45) is -11.9. The number of nitrogens with two attached hydrogens (primary N) is 1. The van der Waals surface area contributed by atoms with Crippen molar-refractivity contribution in [3.05, 3.63) is 23.8 Å². The lowest BCUT2D eigenvalue weighted by molar-refractivity contribution is -0.289. The van der Waals surface area contributed by atoms with E-state index in [1.54, 1.807) is 0 Å². The molecule has 0 radical (unpaired) electrons. The molecule has 0 spiro atoms. The number of nitrogen functional groups attached to an aromatic ring is 1. The Morgan fingerprint density at radius 3 is 2.05 bits per heavy atom. The topological polar surface area (TPSA) is 66.6 Å². The third kappa shape index (κ3) is 1.51. The van der Waals surface area contributed by atoms with E-state index in [0.29, 0.717) is 12.1 Å². The zero-order valence-corrected chi connectivity index (χ0v) is 9.38. The van der Waals surface area contributed by atoms with E-state index < -0.39 is 40.0 Å². The van der Waals surface area contributed by atoms with Crippen molar-refractivity contribution in [1.82, 2.24) is 0 Å². The maximum Gasteiger partial charge on any atom is 0.416 e. The molecule has 1 aliphatic heterocycles. The highest BCUT2D eigenvalue weighted by Gasteiger charge is 2.80. The van der Waals surface area contributed by atoms with Gasteiger partial charge in [0.2, 0.25) is 0 Å². The minimum Gasteiger partial charge on any atom is -0.399 e. The number of hydrogen-bond donors (Lipinski definition) is 2. The number of nitrogens with zero attached hydrogens (tertiary/aromatic N) is 1. The Kier molecular flexibility index (Phi) is 2.73. The van der Waals surface area contributed by atoms with Gasteiger partial charge in [-0.1, -0.05) is 6.07 Å². The first-order chi connectivity index (χ1) is 8.94. The highest BCUT2D eigenvalue weighted by atomic mass is 19.4. The van der Waals surface area contributed by atoms with E-state index in [9.17, 15) is 36.3 Å². The van der Waals surface area contributed by atoms with E-state index in [2.05, 4.69) is 0 Å². The van der Waals surface area contributed by atoms with Crippen LogP contribution in [-0.2, 0) is 10.2 Å². The molecule has 3 N–H and O–H groups in total. The second kappa shape index (κ2) is 3.78. The van der Waals surface area contributed by atoms with Crippen molar-refractivity contribution in [2.75, 3.05) is 10.8 Å². The number of alkyl halides is 6. The van der Waals surface area contributed by atoms with Crippen molar-refractivity contribution < 1.29 is 36.3 Å². The lowest BCUT2D eigenvalue weighted by Gasteiger charge is -2.31. The number of hydroxylamine groups is 1. The Morgan fingerprint density at radius 1 is 1.10 bits per heavy atom. The fourth-order valence-electron chi connectivity index (χ4n) is 2.13. The normalized spacial score (nSPS) is 18.4. The lowest BCUT2D eigenvalue weighted by Crippen LogP contribution is -2.59. The van der Waals surface area contributed by atoms with Gasteiger partial charge < -0.3 is 5.73 Å². The Labute approximate surface area is 107 Å². The minimum absolute atomic E-state index is 0.198. The van der Waals surface area contributed by atoms with Gasteiger partial charge in [0, 0.05) is 11.3 Å². The summed E-state index contributed by atoms with van der Waals surface area (Å²) in [6, 6.07) is 1.88. The summed E-state index contributed by atoms with van der Waals surface area (Å²) in [5.41, 5.74) is -2.10. The van der Waals surface area contributed by atoms with Gasteiger partial charge in [0.25, 0.3) is 11.3 Å². The third-order valence-corrected chi connectivity index (χ3v) is 3.02. The van der Waals surface area contributed by atoms with Gasteiger partial charge in [0.15, 0.2) is 0 Å². The van der Waals surface area contributed by atoms with Crippen LogP contribution in [0, 0.1) is 0 Å². The van der Waals surface area contributed by atoms with Crippen molar-refractivity contribution in [1.29, 1.82) is 0 Å². The van der Waals surface area contributed by atoms with Crippen LogP contribution in [-0.4, -0.2) is 23.5 Å². The van der Waals surface area contributed by atoms with Crippen LogP contribution in [0.2, 0.25) is 0 Å². The van der Waals surface area contributed by atoms with Gasteiger partial charge in [-0.25, -0.2) is 0 Å². The van der Waals surface area contributed by atoms with Crippen LogP contribution in [0.25, 0.3) is 0 Å². The summed E-state index contributed by atoms with van der Waals surface area (Å²) in [5.74, 6) is -2.53. The summed E-state index contributed by atoms with van der Waals surface area (Å²) < 4.78 is 78.0. The Bertz CT molecular complexity index is 566. The largest absolute Gasteiger partial charge is 0.416 e. The van der Waals surface area contributed by atoms with Crippen molar-refractivity contribution >= 4 is 17.3 Å². The third-order valence-electron chi connectivity index (χ3n) is 3.02. The minimum atomic E-state index is -5.97. The van der Waals surface area contributed by atoms with Crippen LogP contribution in [0.5, 0.6) is 0 Å². The summed E-state index contributed by atoms with van der Waals surface area (Å²) in [6.45, 7) is 0. The highest BCUT2D eigenvalue weighted by molar-refractivity contribution is 6.08. The molecule has 10 heteroatoms. The number of halogens is 6. The maximum absolute atomic E-state index is 13.0. The number of fused-ring (bicyclic) bond motifs is 1. The van der Waals surface area contributed by atoms with Gasteiger partial charge in [-0.2, -0.15) is 31.4 Å². The first-order valence-electron chi connectivity index (χ1n) is 5.01. The molecule has 0 saturated carbocycles. The number of hydrogen-bond acceptors (Lipinski definition) is 3. The number of amides is 1. The molecule has 0 fully saturated rings. The summed E-state index contributed by atoms with van der Waals surface area (Å²) in [7, 11) is 0. The molecule has 4 nitrogen and oxygen atoms in total. The van der Waals surface area contributed by atoms with Crippen LogP contribution < -0.4 is 10.8 Å². The fourth-order valence-corrected chi connectivity index (χ4v) is 2.13. The quantitative estimate of drug-likeness (QED) is 0.439. The molecule has 1 aromatic rings. The molecule has 0 aromatic heterocycles. The van der Waals surface area contributed by atoms with Gasteiger partial charge in [0.05, 0.1) is 5.69 Å². The molecule has 2 rings (SSSR count). The van der Waals surface area contributed by atoms with Crippen LogP contribution in [0.4, 0.5) is 37.7 Å². The Balaban J connectivity index is 2.88. The van der Waals surface area contributed by atoms with Gasteiger partial charge in [-0.3, -0.25) is 10.0 Å². The van der Waals surface area contributed by atoms with Crippen molar-refractivity contribution in [2.24, 2.45) is 0 Å². The molecule has 110 valence electrons. The first kappa shape index (κ1) is 14.4. The second-order valence-corrected chi connectivity index (χ2v) is 4.14. The monoisotopic (exact) mass is 300 g/mol. The van der Waals surface area contributed by atoms with E-state index in [1.165, 1.54) is 0 Å². The van der Waals surface area contributed by atoms with Gasteiger partial charge in [0.1, 0.15) is 0 Å². The smallest absolute Gasteiger partial charge is 0.399 e. The van der Waals surface area contributed by atoms with E-state index in [0.717, 1.165) is 6.07 Å². The number of anilines is 2. The molecule has 1 amide bonds. The zero-order chi connectivity index (χ0) is 15.5. The van der Waals surface area contributed by atoms with Crippen molar-refractivity contribution in [3.63, 3.8) is 0 Å². The van der Waals surface area contributed by atoms with Crippen molar-refractivity contribution in [3.8, 4) is 0 Å². The lowest BCUT2D eigenvalue weighted by atomic mass is 9.80. The van der Waals surface area contributed by atoms with E-state index in [1.807, 2.05) is 0 Å². The molecule has 0 aliphatic carbocycles. The van der Waals surface area contributed by atoms with Crippen LogP contribution in [0.15, 0.2) is 18.2 Å². The number of benzene rings is 1. The maximum atomic E-state index is 13.0. The summed E-state index contributed by atoms with van der Waals surface area (Å²) in [5, 5.41) is 8.59. The molecule has 20 heavy (non-hydrogen) atoms. The molecular weight excluding hydrogens is 294 g/mol. The molecule has 0 atom stereocenters. The average Bonchev–Trinajstić information content (AvgIpc) is 2.48. The van der Waals surface area contributed by atoms with Crippen LogP contribution in [0.3, 0.4) is 0 Å². The van der Waals surface area contributed by atoms with Crippen molar-refractivity contribution in [2.45, 2.75) is 17.8 Å². The molecule has 1 heterocycles. The standard InChI is InChI=1S/C10H6F6N2O2/c11-9(12,13)8(10(14,15)16)5-2-1-4(17)3-6(5)18(20)7(8)19/h1-3,20H,17H2. The molecule has 0 saturated heterocycles. The molecular formula is C10H6F6N2O2. The molecule has 1 aliphatic rings. The zero-order valence-electron chi connectivity index (χ0n) is 9.38. The summed E-state index contributed by atoms with van der Waals surface area (Å²) >= 11 is 0. The van der Waals surface area contributed by atoms with Crippen LogP contribution >= 0.6 is 0 Å². The van der Waals surface area contributed by atoms with E-state index in [-0.39, 0.29) is 5.69 Å².